The highest BCUT2D eigenvalue weighted by Gasteiger charge is 2.33. The highest BCUT2D eigenvalue weighted by molar-refractivity contribution is 6.20. The van der Waals surface area contributed by atoms with E-state index in [1.54, 1.807) is 43.4 Å². The van der Waals surface area contributed by atoms with Gasteiger partial charge in [0.15, 0.2) is 0 Å². The number of carbonyl (C=O) groups excluding carboxylic acids is 3. The molecule has 1 heterocycles. The highest BCUT2D eigenvalue weighted by atomic mass is 19.1. The zero-order chi connectivity index (χ0) is 28.9. The van der Waals surface area contributed by atoms with Gasteiger partial charge >= 0.3 is 0 Å². The number of likely N-dealkylation sites (N-methyl/N-ethyl adjacent to an activating group) is 1. The molecular formula is C32H26F2N4O3. The molecule has 1 aliphatic heterocycles. The Kier molecular flexibility index (Phi) is 7.96. The molecule has 0 fully saturated rings. The summed E-state index contributed by atoms with van der Waals surface area (Å²) in [5.41, 5.74) is 3.06. The van der Waals surface area contributed by atoms with Crippen LogP contribution in [0.5, 0.6) is 0 Å². The molecule has 0 radical (unpaired) electrons. The van der Waals surface area contributed by atoms with E-state index in [1.165, 1.54) is 11.0 Å². The Morgan fingerprint density at radius 3 is 2.27 bits per heavy atom. The van der Waals surface area contributed by atoms with Crippen LogP contribution >= 0.6 is 0 Å². The third-order valence-electron chi connectivity index (χ3n) is 6.74. The van der Waals surface area contributed by atoms with Gasteiger partial charge in [-0.25, -0.2) is 13.8 Å². The number of halogens is 2. The molecular weight excluding hydrogens is 526 g/mol. The van der Waals surface area contributed by atoms with Crippen LogP contribution in [0, 0.1) is 11.6 Å². The standard InChI is InChI=1S/C32H26F2N4O3/c1-38-26-15-9-8-14-24(26)28(20-10-4-2-5-11-20)36-30(32(38)41)37-31(40)29(21-12-6-3-7-13-21)35-27(39)18-22-16-17-23(33)19-25(22)34/h2-17,19,29-30H,18H2,1H3,(H,35,39)(H,37,40)/t29-,30+/m0/s1. The first-order chi connectivity index (χ1) is 19.8. The van der Waals surface area contributed by atoms with Crippen molar-refractivity contribution in [3.63, 3.8) is 0 Å². The number of nitrogens with one attached hydrogen (secondary N) is 2. The van der Waals surface area contributed by atoms with E-state index < -0.39 is 48.0 Å². The predicted molar refractivity (Wildman–Crippen MR) is 151 cm³/mol. The van der Waals surface area contributed by atoms with Crippen LogP contribution in [-0.4, -0.2) is 36.6 Å². The molecule has 4 aromatic rings. The molecule has 5 rings (SSSR count). The average molecular weight is 553 g/mol. The van der Waals surface area contributed by atoms with Crippen molar-refractivity contribution in [2.45, 2.75) is 18.6 Å². The molecule has 4 aromatic carbocycles. The van der Waals surface area contributed by atoms with Crippen molar-refractivity contribution in [3.05, 3.63) is 137 Å². The van der Waals surface area contributed by atoms with Crippen LogP contribution in [-0.2, 0) is 20.8 Å². The number of nitrogens with zero attached hydrogens (tertiary/aromatic N) is 2. The minimum absolute atomic E-state index is 0.0217. The molecule has 0 aliphatic carbocycles. The highest BCUT2D eigenvalue weighted by Crippen LogP contribution is 2.27. The van der Waals surface area contributed by atoms with Crippen molar-refractivity contribution >= 4 is 29.1 Å². The largest absolute Gasteiger partial charge is 0.340 e. The monoisotopic (exact) mass is 552 g/mol. The van der Waals surface area contributed by atoms with Gasteiger partial charge in [0, 0.05) is 24.2 Å². The van der Waals surface area contributed by atoms with Crippen LogP contribution in [0.3, 0.4) is 0 Å². The number of fused-ring (bicyclic) bond motifs is 1. The van der Waals surface area contributed by atoms with Gasteiger partial charge in [0.1, 0.15) is 17.7 Å². The Hall–Kier alpha value is -5.18. The number of benzodiazepines with no additional fused rings is 1. The van der Waals surface area contributed by atoms with Gasteiger partial charge in [-0.05, 0) is 23.3 Å². The number of carbonyl (C=O) groups is 3. The predicted octanol–water partition coefficient (Wildman–Crippen LogP) is 4.32. The summed E-state index contributed by atoms with van der Waals surface area (Å²) in [6.45, 7) is 0. The van der Waals surface area contributed by atoms with Gasteiger partial charge in [-0.1, -0.05) is 84.9 Å². The van der Waals surface area contributed by atoms with Gasteiger partial charge in [-0.15, -0.1) is 0 Å². The maximum atomic E-state index is 14.2. The first-order valence-electron chi connectivity index (χ1n) is 12.9. The maximum Gasteiger partial charge on any atom is 0.272 e. The molecule has 0 saturated carbocycles. The summed E-state index contributed by atoms with van der Waals surface area (Å²) in [6.07, 6.45) is -1.72. The summed E-state index contributed by atoms with van der Waals surface area (Å²) in [6, 6.07) is 26.8. The van der Waals surface area contributed by atoms with Crippen LogP contribution in [0.1, 0.15) is 28.3 Å². The third kappa shape index (κ3) is 6.04. The van der Waals surface area contributed by atoms with Crippen molar-refractivity contribution in [1.82, 2.24) is 10.6 Å². The van der Waals surface area contributed by atoms with Gasteiger partial charge in [0.25, 0.3) is 5.91 Å². The quantitative estimate of drug-likeness (QED) is 0.358. The lowest BCUT2D eigenvalue weighted by molar-refractivity contribution is -0.131. The van der Waals surface area contributed by atoms with E-state index in [-0.39, 0.29) is 5.56 Å². The van der Waals surface area contributed by atoms with Crippen molar-refractivity contribution < 1.29 is 23.2 Å². The lowest BCUT2D eigenvalue weighted by Gasteiger charge is -2.24. The molecule has 7 nitrogen and oxygen atoms in total. The van der Waals surface area contributed by atoms with Crippen molar-refractivity contribution in [2.75, 3.05) is 11.9 Å². The number of hydrogen-bond donors (Lipinski definition) is 2. The molecule has 0 saturated heterocycles. The number of para-hydroxylation sites is 1. The van der Waals surface area contributed by atoms with Crippen molar-refractivity contribution in [3.8, 4) is 0 Å². The lowest BCUT2D eigenvalue weighted by Crippen LogP contribution is -2.50. The molecule has 9 heteroatoms. The van der Waals surface area contributed by atoms with Crippen LogP contribution in [0.2, 0.25) is 0 Å². The van der Waals surface area contributed by atoms with Gasteiger partial charge in [-0.3, -0.25) is 14.4 Å². The molecule has 2 N–H and O–H groups in total. The molecule has 0 bridgehead atoms. The normalized spacial score (nSPS) is 15.3. The molecule has 41 heavy (non-hydrogen) atoms. The van der Waals surface area contributed by atoms with E-state index in [4.69, 9.17) is 4.99 Å². The summed E-state index contributed by atoms with van der Waals surface area (Å²) in [7, 11) is 1.61. The van der Waals surface area contributed by atoms with Crippen molar-refractivity contribution in [1.29, 1.82) is 0 Å². The van der Waals surface area contributed by atoms with E-state index in [1.807, 2.05) is 48.5 Å². The average Bonchev–Trinajstić information content (AvgIpc) is 3.09. The summed E-state index contributed by atoms with van der Waals surface area (Å²) in [4.78, 5) is 46.3. The van der Waals surface area contributed by atoms with E-state index in [2.05, 4.69) is 10.6 Å². The van der Waals surface area contributed by atoms with Crippen LogP contribution in [0.15, 0.2) is 108 Å². The number of hydrogen-bond acceptors (Lipinski definition) is 4. The Balaban J connectivity index is 1.46. The van der Waals surface area contributed by atoms with E-state index in [9.17, 15) is 23.2 Å². The first-order valence-corrected chi connectivity index (χ1v) is 12.9. The molecule has 0 spiro atoms. The molecule has 3 amide bonds. The van der Waals surface area contributed by atoms with Crippen LogP contribution in [0.25, 0.3) is 0 Å². The zero-order valence-corrected chi connectivity index (χ0v) is 22.1. The molecule has 1 aliphatic rings. The molecule has 0 aromatic heterocycles. The van der Waals surface area contributed by atoms with Crippen LogP contribution in [0.4, 0.5) is 14.5 Å². The second kappa shape index (κ2) is 11.9. The molecule has 2 atom stereocenters. The summed E-state index contributed by atoms with van der Waals surface area (Å²) in [5, 5.41) is 5.33. The summed E-state index contributed by atoms with van der Waals surface area (Å²) < 4.78 is 27.5. The second-order valence-electron chi connectivity index (χ2n) is 9.49. The number of rotatable bonds is 7. The minimum atomic E-state index is -1.30. The fourth-order valence-corrected chi connectivity index (χ4v) is 4.66. The van der Waals surface area contributed by atoms with Gasteiger partial charge in [-0.2, -0.15) is 0 Å². The smallest absolute Gasteiger partial charge is 0.272 e. The van der Waals surface area contributed by atoms with Crippen LogP contribution < -0.4 is 15.5 Å². The van der Waals surface area contributed by atoms with Gasteiger partial charge in [0.2, 0.25) is 18.0 Å². The van der Waals surface area contributed by atoms with Crippen molar-refractivity contribution in [2.24, 2.45) is 4.99 Å². The van der Waals surface area contributed by atoms with E-state index in [0.29, 0.717) is 23.0 Å². The maximum absolute atomic E-state index is 14.2. The molecule has 206 valence electrons. The zero-order valence-electron chi connectivity index (χ0n) is 22.1. The lowest BCUT2D eigenvalue weighted by atomic mass is 10.0. The summed E-state index contributed by atoms with van der Waals surface area (Å²) >= 11 is 0. The van der Waals surface area contributed by atoms with Gasteiger partial charge in [0.05, 0.1) is 17.8 Å². The number of amides is 3. The minimum Gasteiger partial charge on any atom is -0.340 e. The second-order valence-corrected chi connectivity index (χ2v) is 9.49. The first kappa shape index (κ1) is 27.4. The van der Waals surface area contributed by atoms with Gasteiger partial charge < -0.3 is 15.5 Å². The summed E-state index contributed by atoms with van der Waals surface area (Å²) in [5.74, 6) is -3.44. The van der Waals surface area contributed by atoms with E-state index >= 15 is 0 Å². The third-order valence-corrected chi connectivity index (χ3v) is 6.74. The Morgan fingerprint density at radius 1 is 0.902 bits per heavy atom. The SMILES string of the molecule is CN1C(=O)[C@@H](NC(=O)[C@@H](NC(=O)Cc2ccc(F)cc2F)c2ccccc2)N=C(c2ccccc2)c2ccccc21. The number of benzene rings is 4. The number of anilines is 1. The topological polar surface area (TPSA) is 90.9 Å². The fraction of sp³-hybridized carbons (Fsp3) is 0.125. The van der Waals surface area contributed by atoms with E-state index in [0.717, 1.165) is 17.2 Å². The number of aliphatic imine (C=N–C) groups is 1. The fourth-order valence-electron chi connectivity index (χ4n) is 4.66. The Morgan fingerprint density at radius 2 is 1.56 bits per heavy atom. The Labute approximate surface area is 235 Å². The Bertz CT molecular complexity index is 1630. The molecule has 0 unspecified atom stereocenters.